The first-order valence-corrected chi connectivity index (χ1v) is 21.4. The van der Waals surface area contributed by atoms with Crippen molar-refractivity contribution in [3.8, 4) is 0 Å². The molecule has 2 aliphatic rings. The molecule has 0 radical (unpaired) electrons. The Morgan fingerprint density at radius 3 is 2.18 bits per heavy atom. The lowest BCUT2D eigenvalue weighted by atomic mass is 9.80. The van der Waals surface area contributed by atoms with Gasteiger partial charge in [0.25, 0.3) is 11.8 Å². The van der Waals surface area contributed by atoms with Crippen molar-refractivity contribution in [2.24, 2.45) is 5.16 Å². The number of rotatable bonds is 16. The van der Waals surface area contributed by atoms with E-state index in [1.807, 2.05) is 104 Å². The fourth-order valence-electron chi connectivity index (χ4n) is 6.73. The van der Waals surface area contributed by atoms with Gasteiger partial charge in [-0.05, 0) is 23.6 Å². The Morgan fingerprint density at radius 1 is 0.951 bits per heavy atom. The number of aromatic nitrogens is 2. The van der Waals surface area contributed by atoms with Crippen LogP contribution >= 0.6 is 23.1 Å². The van der Waals surface area contributed by atoms with Crippen molar-refractivity contribution in [1.29, 1.82) is 0 Å². The van der Waals surface area contributed by atoms with Crippen molar-refractivity contribution in [2.75, 3.05) is 18.1 Å². The fourth-order valence-corrected chi connectivity index (χ4v) is 8.60. The van der Waals surface area contributed by atoms with Crippen LogP contribution in [0.3, 0.4) is 0 Å². The maximum atomic E-state index is 14.4. The molecule has 2 aliphatic heterocycles. The zero-order valence-corrected chi connectivity index (χ0v) is 34.8. The maximum Gasteiger partial charge on any atom is 0.511 e. The van der Waals surface area contributed by atoms with Gasteiger partial charge in [-0.25, -0.2) is 14.6 Å². The summed E-state index contributed by atoms with van der Waals surface area (Å²) in [5.74, 6) is -1.99. The Balaban J connectivity index is 1.19. The molecule has 0 spiro atoms. The summed E-state index contributed by atoms with van der Waals surface area (Å²) in [5.41, 5.74) is 8.03. The highest BCUT2D eigenvalue weighted by atomic mass is 32.2. The minimum atomic E-state index is -1.34. The molecule has 2 amide bonds. The number of nitrogens with two attached hydrogens (primary N) is 1. The predicted octanol–water partition coefficient (Wildman–Crippen LogP) is 7.04. The van der Waals surface area contributed by atoms with E-state index in [0.29, 0.717) is 12.0 Å². The molecule has 3 aromatic carbocycles. The molecule has 61 heavy (non-hydrogen) atoms. The highest BCUT2D eigenvalue weighted by Crippen LogP contribution is 2.43. The number of nitrogens with one attached hydrogen (secondary N) is 1. The number of hydrogen-bond donors (Lipinski definition) is 2. The van der Waals surface area contributed by atoms with E-state index in [9.17, 15) is 19.2 Å². The summed E-state index contributed by atoms with van der Waals surface area (Å²) >= 11 is 2.45. The number of ether oxygens (including phenoxy) is 3. The number of β-lactam (4-membered cyclic amide) rings is 1. The number of thioether (sulfide) groups is 1. The van der Waals surface area contributed by atoms with Gasteiger partial charge in [-0.3, -0.25) is 19.5 Å². The number of esters is 1. The number of benzene rings is 3. The van der Waals surface area contributed by atoms with Crippen LogP contribution in [0.15, 0.2) is 143 Å². The average Bonchev–Trinajstić information content (AvgIpc) is 3.72. The second kappa shape index (κ2) is 19.5. The molecular formula is C45H42N6O8S2. The first kappa shape index (κ1) is 42.3. The van der Waals surface area contributed by atoms with E-state index in [1.165, 1.54) is 23.6 Å². The Kier molecular flexibility index (Phi) is 13.6. The molecule has 14 nitrogen and oxygen atoms in total. The highest BCUT2D eigenvalue weighted by Gasteiger charge is 2.55. The van der Waals surface area contributed by atoms with Crippen molar-refractivity contribution in [3.63, 3.8) is 0 Å². The quantitative estimate of drug-likeness (QED) is 0.0197. The molecule has 1 fully saturated rings. The zero-order chi connectivity index (χ0) is 42.8. The summed E-state index contributed by atoms with van der Waals surface area (Å²) in [6.07, 6.45) is 5.88. The van der Waals surface area contributed by atoms with Gasteiger partial charge in [-0.1, -0.05) is 128 Å². The number of unbranched alkanes of at least 4 members (excludes halogenated alkanes) is 1. The zero-order valence-electron chi connectivity index (χ0n) is 33.2. The monoisotopic (exact) mass is 858 g/mol. The number of amides is 2. The summed E-state index contributed by atoms with van der Waals surface area (Å²) in [7, 11) is 0. The van der Waals surface area contributed by atoms with Crippen LogP contribution in [0.2, 0.25) is 0 Å². The number of pyridine rings is 1. The summed E-state index contributed by atoms with van der Waals surface area (Å²) in [5, 5.41) is 8.43. The van der Waals surface area contributed by atoms with E-state index in [2.05, 4.69) is 20.4 Å². The number of fused-ring (bicyclic) bond motifs is 1. The average molecular weight is 859 g/mol. The predicted molar refractivity (Wildman–Crippen MR) is 232 cm³/mol. The van der Waals surface area contributed by atoms with Crippen LogP contribution in [0.5, 0.6) is 0 Å². The molecule has 312 valence electrons. The number of thiazole rings is 1. The van der Waals surface area contributed by atoms with E-state index >= 15 is 0 Å². The highest BCUT2D eigenvalue weighted by molar-refractivity contribution is 8.00. The largest absolute Gasteiger partial charge is 0.511 e. The Hall–Kier alpha value is -6.78. The first-order chi connectivity index (χ1) is 29.7. The van der Waals surface area contributed by atoms with Gasteiger partial charge in [0.05, 0.1) is 6.61 Å². The summed E-state index contributed by atoms with van der Waals surface area (Å²) in [6, 6.07) is 31.1. The van der Waals surface area contributed by atoms with Gasteiger partial charge in [0.15, 0.2) is 10.8 Å². The van der Waals surface area contributed by atoms with Gasteiger partial charge in [-0.2, -0.15) is 0 Å². The van der Waals surface area contributed by atoms with Crippen LogP contribution in [0, 0.1) is 0 Å². The lowest BCUT2D eigenvalue weighted by Crippen LogP contribution is -2.71. The van der Waals surface area contributed by atoms with Crippen LogP contribution in [0.25, 0.3) is 6.08 Å². The van der Waals surface area contributed by atoms with Crippen LogP contribution in [0.4, 0.5) is 9.93 Å². The Labute approximate surface area is 360 Å². The van der Waals surface area contributed by atoms with E-state index < -0.39 is 47.2 Å². The number of carbonyl (C=O) groups excluding carboxylic acids is 4. The van der Waals surface area contributed by atoms with Crippen LogP contribution in [-0.4, -0.2) is 74.6 Å². The number of carbonyl (C=O) groups is 4. The van der Waals surface area contributed by atoms with Gasteiger partial charge < -0.3 is 30.1 Å². The molecular weight excluding hydrogens is 817 g/mol. The van der Waals surface area contributed by atoms with Gasteiger partial charge in [0.1, 0.15) is 22.8 Å². The van der Waals surface area contributed by atoms with Crippen molar-refractivity contribution in [2.45, 2.75) is 50.0 Å². The molecule has 1 saturated heterocycles. The minimum Gasteiger partial charge on any atom is -0.434 e. The molecule has 5 aromatic rings. The number of oxime groups is 1. The molecule has 3 atom stereocenters. The van der Waals surface area contributed by atoms with Crippen molar-refractivity contribution >= 4 is 64.0 Å². The second-order valence-electron chi connectivity index (χ2n) is 13.8. The third-order valence-electron chi connectivity index (χ3n) is 9.69. The van der Waals surface area contributed by atoms with Crippen molar-refractivity contribution in [1.82, 2.24) is 20.2 Å². The van der Waals surface area contributed by atoms with Crippen LogP contribution in [0.1, 0.15) is 54.6 Å². The normalized spacial score (nSPS) is 16.9. The van der Waals surface area contributed by atoms with Crippen LogP contribution in [-0.2, 0) is 39.0 Å². The fraction of sp³-hybridized carbons (Fsp3) is 0.222. The number of hydrogen-bond acceptors (Lipinski definition) is 14. The Morgan fingerprint density at radius 2 is 1.61 bits per heavy atom. The molecule has 7 rings (SSSR count). The summed E-state index contributed by atoms with van der Waals surface area (Å²) in [6.45, 7) is 3.47. The molecule has 1 unspecified atom stereocenters. The third kappa shape index (κ3) is 9.50. The summed E-state index contributed by atoms with van der Waals surface area (Å²) < 4.78 is 15.7. The Bertz CT molecular complexity index is 2330. The molecule has 2 aromatic heterocycles. The first-order valence-electron chi connectivity index (χ1n) is 19.4. The maximum absolute atomic E-state index is 14.4. The SMILES string of the molecule is CCCCOC(=O)OC(C)OC(=O)C1=C(/C=C\c2cccnc2)CS[C@H]2[C@H](NC(=O)C(=NOC(c3ccccc3)(c3ccccc3)c3ccccc3)c3csc(N)n3)C(=O)N12. The molecule has 0 saturated carbocycles. The smallest absolute Gasteiger partial charge is 0.434 e. The number of nitrogen functional groups attached to an aromatic ring is 1. The van der Waals surface area contributed by atoms with E-state index in [1.54, 1.807) is 36.0 Å². The minimum absolute atomic E-state index is 0.0583. The summed E-state index contributed by atoms with van der Waals surface area (Å²) in [4.78, 5) is 71.0. The lowest BCUT2D eigenvalue weighted by Gasteiger charge is -2.49. The van der Waals surface area contributed by atoms with Gasteiger partial charge >= 0.3 is 12.1 Å². The lowest BCUT2D eigenvalue weighted by molar-refractivity contribution is -0.169. The standard InChI is InChI=1S/C45H42N6O8S2/c1-3-4-25-56-44(55)58-29(2)57-42(54)38-31(23-22-30-15-14-24-47-26-30)27-60-41-37(40(53)51(38)41)49-39(52)36(35-28-61-43(46)48-35)50-59-45(32-16-8-5-9-17-32,33-18-10-6-11-19-33)34-20-12-7-13-21-34/h5-24,26,28-29,37,41H,3-4,25,27H2,1-2H3,(H2,46,48)(H,49,52)/b23-22-,50-36?/t29?,37-,41+/m1/s1. The van der Waals surface area contributed by atoms with E-state index in [0.717, 1.165) is 40.0 Å². The molecule has 3 N–H and O–H groups in total. The van der Waals surface area contributed by atoms with Crippen LogP contribution < -0.4 is 11.1 Å². The molecule has 16 heteroatoms. The van der Waals surface area contributed by atoms with Crippen molar-refractivity contribution in [3.05, 3.63) is 166 Å². The third-order valence-corrected chi connectivity index (χ3v) is 11.7. The molecule has 0 bridgehead atoms. The second-order valence-corrected chi connectivity index (χ2v) is 15.8. The molecule has 4 heterocycles. The van der Waals surface area contributed by atoms with E-state index in [-0.39, 0.29) is 34.6 Å². The number of anilines is 1. The van der Waals surface area contributed by atoms with Crippen molar-refractivity contribution < 1.29 is 38.2 Å². The molecule has 0 aliphatic carbocycles. The van der Waals surface area contributed by atoms with Gasteiger partial charge in [0.2, 0.25) is 11.9 Å². The number of nitrogens with zero attached hydrogens (tertiary/aromatic N) is 4. The topological polar surface area (TPSA) is 185 Å². The van der Waals surface area contributed by atoms with E-state index in [4.69, 9.17) is 24.8 Å². The van der Waals surface area contributed by atoms with Gasteiger partial charge in [-0.15, -0.1) is 23.1 Å². The van der Waals surface area contributed by atoms with Gasteiger partial charge in [0, 0.05) is 47.1 Å². The number of allylic oxidation sites excluding steroid dienone is 1.